The van der Waals surface area contributed by atoms with Crippen molar-refractivity contribution in [3.05, 3.63) is 30.1 Å². The Morgan fingerprint density at radius 1 is 1.32 bits per heavy atom. The monoisotopic (exact) mass is 287 g/mol. The van der Waals surface area contributed by atoms with Gasteiger partial charge in [0, 0.05) is 20.2 Å². The van der Waals surface area contributed by atoms with E-state index in [1.807, 2.05) is 6.92 Å². The Kier molecular flexibility index (Phi) is 3.94. The Morgan fingerprint density at radius 2 is 1.95 bits per heavy atom. The zero-order valence-electron chi connectivity index (χ0n) is 11.1. The Morgan fingerprint density at radius 3 is 2.53 bits per heavy atom. The van der Waals surface area contributed by atoms with E-state index >= 15 is 0 Å². The number of rotatable bonds is 3. The Balaban J connectivity index is 2.27. The minimum atomic E-state index is -3.57. The number of nitrogens with zero attached hydrogens (tertiary/aromatic N) is 1. The molecule has 1 atom stereocenters. The summed E-state index contributed by atoms with van der Waals surface area (Å²) >= 11 is 0. The second-order valence-electron chi connectivity index (χ2n) is 5.05. The van der Waals surface area contributed by atoms with E-state index in [2.05, 4.69) is 0 Å². The molecule has 1 fully saturated rings. The van der Waals surface area contributed by atoms with Crippen LogP contribution in [0.5, 0.6) is 0 Å². The molecule has 0 amide bonds. The van der Waals surface area contributed by atoms with Crippen molar-refractivity contribution in [1.82, 2.24) is 4.31 Å². The van der Waals surface area contributed by atoms with Gasteiger partial charge in [0.05, 0.1) is 10.5 Å². The van der Waals surface area contributed by atoms with Crippen LogP contribution in [0.4, 0.5) is 4.39 Å². The minimum absolute atomic E-state index is 0.120. The van der Waals surface area contributed by atoms with Crippen LogP contribution in [0.15, 0.2) is 29.2 Å². The third-order valence-electron chi connectivity index (χ3n) is 3.57. The summed E-state index contributed by atoms with van der Waals surface area (Å²) in [6, 6.07) is 4.91. The van der Waals surface area contributed by atoms with Crippen molar-refractivity contribution < 1.29 is 17.5 Å². The maximum atomic E-state index is 12.9. The minimum Gasteiger partial charge on any atom is -0.377 e. The normalized spacial score (nSPS) is 25.4. The van der Waals surface area contributed by atoms with E-state index in [1.54, 1.807) is 7.11 Å². The first-order valence-corrected chi connectivity index (χ1v) is 7.62. The SMILES string of the molecule is COC1(C)CCCN(S(=O)(=O)c2ccc(F)cc2)C1. The van der Waals surface area contributed by atoms with E-state index in [4.69, 9.17) is 4.74 Å². The highest BCUT2D eigenvalue weighted by Gasteiger charge is 2.36. The van der Waals surface area contributed by atoms with E-state index in [9.17, 15) is 12.8 Å². The van der Waals surface area contributed by atoms with Gasteiger partial charge in [0.2, 0.25) is 10.0 Å². The van der Waals surface area contributed by atoms with Crippen LogP contribution in [0.25, 0.3) is 0 Å². The van der Waals surface area contributed by atoms with Gasteiger partial charge in [-0.15, -0.1) is 0 Å². The van der Waals surface area contributed by atoms with Gasteiger partial charge < -0.3 is 4.74 Å². The van der Waals surface area contributed by atoms with Gasteiger partial charge in [-0.2, -0.15) is 4.31 Å². The van der Waals surface area contributed by atoms with Gasteiger partial charge >= 0.3 is 0 Å². The largest absolute Gasteiger partial charge is 0.377 e. The fourth-order valence-corrected chi connectivity index (χ4v) is 3.88. The van der Waals surface area contributed by atoms with Crippen LogP contribution >= 0.6 is 0 Å². The number of hydrogen-bond donors (Lipinski definition) is 0. The first-order valence-electron chi connectivity index (χ1n) is 6.18. The van der Waals surface area contributed by atoms with Crippen molar-refractivity contribution in [1.29, 1.82) is 0 Å². The third kappa shape index (κ3) is 2.96. The summed E-state index contributed by atoms with van der Waals surface area (Å²) < 4.78 is 44.6. The van der Waals surface area contributed by atoms with Crippen LogP contribution in [0.3, 0.4) is 0 Å². The van der Waals surface area contributed by atoms with Crippen molar-refractivity contribution in [3.8, 4) is 0 Å². The maximum Gasteiger partial charge on any atom is 0.243 e. The highest BCUT2D eigenvalue weighted by atomic mass is 32.2. The summed E-state index contributed by atoms with van der Waals surface area (Å²) in [6.07, 6.45) is 1.59. The Hall–Kier alpha value is -0.980. The lowest BCUT2D eigenvalue weighted by Gasteiger charge is -2.38. The molecular weight excluding hydrogens is 269 g/mol. The molecule has 0 N–H and O–H groups in total. The van der Waals surface area contributed by atoms with Gasteiger partial charge in [-0.25, -0.2) is 12.8 Å². The van der Waals surface area contributed by atoms with Crippen molar-refractivity contribution in [2.24, 2.45) is 0 Å². The van der Waals surface area contributed by atoms with Crippen LogP contribution < -0.4 is 0 Å². The molecule has 1 heterocycles. The molecule has 0 radical (unpaired) electrons. The zero-order valence-corrected chi connectivity index (χ0v) is 11.9. The first kappa shape index (κ1) is 14.4. The number of ether oxygens (including phenoxy) is 1. The Bertz CT molecular complexity index is 544. The molecule has 1 unspecified atom stereocenters. The lowest BCUT2D eigenvalue weighted by molar-refractivity contribution is -0.0319. The average molecular weight is 287 g/mol. The van der Waals surface area contributed by atoms with Gasteiger partial charge in [0.15, 0.2) is 0 Å². The zero-order chi connectivity index (χ0) is 14.1. The molecular formula is C13H18FNO3S. The molecule has 1 saturated heterocycles. The maximum absolute atomic E-state index is 12.9. The molecule has 106 valence electrons. The number of benzene rings is 1. The molecule has 1 aromatic carbocycles. The summed E-state index contributed by atoms with van der Waals surface area (Å²) in [6.45, 7) is 2.70. The molecule has 19 heavy (non-hydrogen) atoms. The van der Waals surface area contributed by atoms with Crippen LogP contribution in [-0.2, 0) is 14.8 Å². The number of hydrogen-bond acceptors (Lipinski definition) is 3. The Labute approximate surface area is 113 Å². The summed E-state index contributed by atoms with van der Waals surface area (Å²) in [5.41, 5.74) is -0.453. The highest BCUT2D eigenvalue weighted by molar-refractivity contribution is 7.89. The molecule has 2 rings (SSSR count). The van der Waals surface area contributed by atoms with Gasteiger partial charge in [-0.05, 0) is 44.0 Å². The lowest BCUT2D eigenvalue weighted by Crippen LogP contribution is -2.49. The molecule has 0 spiro atoms. The van der Waals surface area contributed by atoms with Gasteiger partial charge in [0.1, 0.15) is 5.82 Å². The van der Waals surface area contributed by atoms with E-state index < -0.39 is 21.4 Å². The van der Waals surface area contributed by atoms with E-state index in [-0.39, 0.29) is 4.90 Å². The van der Waals surface area contributed by atoms with E-state index in [0.29, 0.717) is 13.1 Å². The summed E-state index contributed by atoms with van der Waals surface area (Å²) in [4.78, 5) is 0.120. The fraction of sp³-hybridized carbons (Fsp3) is 0.538. The summed E-state index contributed by atoms with van der Waals surface area (Å²) in [5.74, 6) is -0.445. The fourth-order valence-electron chi connectivity index (χ4n) is 2.29. The smallest absolute Gasteiger partial charge is 0.243 e. The molecule has 1 aliphatic heterocycles. The van der Waals surface area contributed by atoms with Gasteiger partial charge in [0.25, 0.3) is 0 Å². The third-order valence-corrected chi connectivity index (χ3v) is 5.43. The average Bonchev–Trinajstić information content (AvgIpc) is 2.39. The predicted molar refractivity (Wildman–Crippen MR) is 69.8 cm³/mol. The predicted octanol–water partition coefficient (Wildman–Crippen LogP) is 2.02. The highest BCUT2D eigenvalue weighted by Crippen LogP contribution is 2.28. The first-order chi connectivity index (χ1) is 8.87. The number of piperidine rings is 1. The quantitative estimate of drug-likeness (QED) is 0.854. The van der Waals surface area contributed by atoms with Gasteiger partial charge in [-0.1, -0.05) is 0 Å². The van der Waals surface area contributed by atoms with Crippen molar-refractivity contribution in [2.45, 2.75) is 30.3 Å². The summed E-state index contributed by atoms with van der Waals surface area (Å²) in [7, 11) is -1.98. The standard InChI is InChI=1S/C13H18FNO3S/c1-13(18-2)8-3-9-15(10-13)19(16,17)12-6-4-11(14)5-7-12/h4-7H,3,8-10H2,1-2H3. The van der Waals surface area contributed by atoms with E-state index in [0.717, 1.165) is 25.0 Å². The molecule has 0 aromatic heterocycles. The molecule has 6 heteroatoms. The van der Waals surface area contributed by atoms with Crippen LogP contribution in [0.1, 0.15) is 19.8 Å². The van der Waals surface area contributed by atoms with Crippen molar-refractivity contribution >= 4 is 10.0 Å². The molecule has 0 aliphatic carbocycles. The molecule has 4 nitrogen and oxygen atoms in total. The molecule has 0 bridgehead atoms. The van der Waals surface area contributed by atoms with Crippen LogP contribution in [0.2, 0.25) is 0 Å². The second kappa shape index (κ2) is 5.19. The molecule has 1 aromatic rings. The van der Waals surface area contributed by atoms with E-state index in [1.165, 1.54) is 16.4 Å². The second-order valence-corrected chi connectivity index (χ2v) is 6.99. The summed E-state index contributed by atoms with van der Waals surface area (Å²) in [5, 5.41) is 0. The molecule has 0 saturated carbocycles. The van der Waals surface area contributed by atoms with Crippen LogP contribution in [0, 0.1) is 5.82 Å². The molecule has 1 aliphatic rings. The van der Waals surface area contributed by atoms with Crippen LogP contribution in [-0.4, -0.2) is 38.5 Å². The van der Waals surface area contributed by atoms with Crippen molar-refractivity contribution in [3.63, 3.8) is 0 Å². The lowest BCUT2D eigenvalue weighted by atomic mass is 9.96. The number of sulfonamides is 1. The number of methoxy groups -OCH3 is 1. The topological polar surface area (TPSA) is 46.6 Å². The number of halogens is 1. The van der Waals surface area contributed by atoms with Gasteiger partial charge in [-0.3, -0.25) is 0 Å². The van der Waals surface area contributed by atoms with Crippen molar-refractivity contribution in [2.75, 3.05) is 20.2 Å².